The fraction of sp³-hybridized carbons (Fsp3) is 0.385. The molecule has 6 nitrogen and oxygen atoms in total. The molecule has 0 heterocycles. The molecule has 104 valence electrons. The van der Waals surface area contributed by atoms with Crippen LogP contribution in [0.5, 0.6) is 5.75 Å². The Morgan fingerprint density at radius 1 is 1.42 bits per heavy atom. The highest BCUT2D eigenvalue weighted by Crippen LogP contribution is 2.15. The van der Waals surface area contributed by atoms with Gasteiger partial charge in [0.25, 0.3) is 5.91 Å². The Labute approximate surface area is 112 Å². The summed E-state index contributed by atoms with van der Waals surface area (Å²) in [5.41, 5.74) is 5.46. The predicted octanol–water partition coefficient (Wildman–Crippen LogP) is 1.20. The van der Waals surface area contributed by atoms with Crippen molar-refractivity contribution in [3.05, 3.63) is 29.8 Å². The van der Waals surface area contributed by atoms with Gasteiger partial charge < -0.3 is 21.0 Å². The van der Waals surface area contributed by atoms with E-state index in [4.69, 9.17) is 15.7 Å². The SMILES string of the molecule is COc1ccc(C(=O)NCC(C)(C)/C(N)=N/O)cc1. The Balaban J connectivity index is 2.65. The molecule has 0 unspecified atom stereocenters. The van der Waals surface area contributed by atoms with Gasteiger partial charge in [-0.2, -0.15) is 0 Å². The first-order chi connectivity index (χ1) is 8.90. The fourth-order valence-electron chi connectivity index (χ4n) is 1.37. The Morgan fingerprint density at radius 3 is 2.47 bits per heavy atom. The molecule has 0 bridgehead atoms. The normalized spacial score (nSPS) is 12.1. The van der Waals surface area contributed by atoms with Crippen molar-refractivity contribution in [3.63, 3.8) is 0 Å². The third kappa shape index (κ3) is 3.87. The average Bonchev–Trinajstić information content (AvgIpc) is 2.43. The summed E-state index contributed by atoms with van der Waals surface area (Å²) in [6.45, 7) is 3.82. The van der Waals surface area contributed by atoms with Crippen LogP contribution in [-0.4, -0.2) is 30.6 Å². The zero-order valence-corrected chi connectivity index (χ0v) is 11.3. The van der Waals surface area contributed by atoms with E-state index in [0.717, 1.165) is 0 Å². The van der Waals surface area contributed by atoms with Crippen molar-refractivity contribution in [2.45, 2.75) is 13.8 Å². The summed E-state index contributed by atoms with van der Waals surface area (Å²) in [5.74, 6) is 0.539. The van der Waals surface area contributed by atoms with Crippen molar-refractivity contribution in [1.29, 1.82) is 0 Å². The molecule has 19 heavy (non-hydrogen) atoms. The van der Waals surface area contributed by atoms with Gasteiger partial charge in [0.2, 0.25) is 0 Å². The van der Waals surface area contributed by atoms with E-state index in [-0.39, 0.29) is 18.3 Å². The quantitative estimate of drug-likeness (QED) is 0.322. The molecule has 1 aromatic carbocycles. The third-order valence-corrected chi connectivity index (χ3v) is 2.84. The first-order valence-electron chi connectivity index (χ1n) is 5.81. The average molecular weight is 265 g/mol. The van der Waals surface area contributed by atoms with Crippen LogP contribution < -0.4 is 15.8 Å². The van der Waals surface area contributed by atoms with Crippen LogP contribution in [0.1, 0.15) is 24.2 Å². The Morgan fingerprint density at radius 2 is 2.00 bits per heavy atom. The molecule has 0 aliphatic rings. The molecule has 6 heteroatoms. The lowest BCUT2D eigenvalue weighted by atomic mass is 9.92. The lowest BCUT2D eigenvalue weighted by Crippen LogP contribution is -2.42. The molecule has 1 rings (SSSR count). The minimum Gasteiger partial charge on any atom is -0.497 e. The second-order valence-electron chi connectivity index (χ2n) is 4.78. The van der Waals surface area contributed by atoms with Crippen molar-refractivity contribution in [2.75, 3.05) is 13.7 Å². The van der Waals surface area contributed by atoms with Crippen molar-refractivity contribution in [2.24, 2.45) is 16.3 Å². The van der Waals surface area contributed by atoms with Gasteiger partial charge in [-0.3, -0.25) is 4.79 Å². The number of benzene rings is 1. The smallest absolute Gasteiger partial charge is 0.251 e. The van der Waals surface area contributed by atoms with Gasteiger partial charge in [0, 0.05) is 17.5 Å². The van der Waals surface area contributed by atoms with E-state index in [9.17, 15) is 4.79 Å². The van der Waals surface area contributed by atoms with E-state index in [1.807, 2.05) is 0 Å². The second-order valence-corrected chi connectivity index (χ2v) is 4.78. The first kappa shape index (κ1) is 14.8. The van der Waals surface area contributed by atoms with Gasteiger partial charge >= 0.3 is 0 Å². The van der Waals surface area contributed by atoms with E-state index >= 15 is 0 Å². The number of hydrogen-bond acceptors (Lipinski definition) is 4. The summed E-state index contributed by atoms with van der Waals surface area (Å²) in [6, 6.07) is 6.77. The Bertz CT molecular complexity index is 467. The van der Waals surface area contributed by atoms with Crippen molar-refractivity contribution < 1.29 is 14.7 Å². The molecule has 4 N–H and O–H groups in total. The van der Waals surface area contributed by atoms with Crippen LogP contribution in [0.3, 0.4) is 0 Å². The number of nitrogens with zero attached hydrogens (tertiary/aromatic N) is 1. The highest BCUT2D eigenvalue weighted by Gasteiger charge is 2.24. The molecular weight excluding hydrogens is 246 g/mol. The van der Waals surface area contributed by atoms with Crippen LogP contribution in [0.15, 0.2) is 29.4 Å². The van der Waals surface area contributed by atoms with Crippen molar-refractivity contribution >= 4 is 11.7 Å². The number of oxime groups is 1. The van der Waals surface area contributed by atoms with E-state index in [2.05, 4.69) is 10.5 Å². The van der Waals surface area contributed by atoms with Gasteiger partial charge in [-0.15, -0.1) is 0 Å². The number of carbonyl (C=O) groups is 1. The zero-order chi connectivity index (χ0) is 14.5. The summed E-state index contributed by atoms with van der Waals surface area (Å²) in [4.78, 5) is 11.9. The maximum Gasteiger partial charge on any atom is 0.251 e. The molecule has 0 saturated carbocycles. The summed E-state index contributed by atoms with van der Waals surface area (Å²) >= 11 is 0. The Kier molecular flexibility index (Phi) is 4.74. The number of methoxy groups -OCH3 is 1. The first-order valence-corrected chi connectivity index (χ1v) is 5.81. The molecule has 0 atom stereocenters. The van der Waals surface area contributed by atoms with E-state index < -0.39 is 5.41 Å². The van der Waals surface area contributed by atoms with Gasteiger partial charge in [-0.25, -0.2) is 0 Å². The van der Waals surface area contributed by atoms with Gasteiger partial charge in [0.1, 0.15) is 11.6 Å². The summed E-state index contributed by atoms with van der Waals surface area (Å²) < 4.78 is 5.02. The molecule has 0 aliphatic carbocycles. The number of amidine groups is 1. The van der Waals surface area contributed by atoms with Crippen LogP contribution >= 0.6 is 0 Å². The molecule has 0 spiro atoms. The monoisotopic (exact) mass is 265 g/mol. The number of nitrogens with one attached hydrogen (secondary N) is 1. The van der Waals surface area contributed by atoms with Gasteiger partial charge in [-0.05, 0) is 24.3 Å². The third-order valence-electron chi connectivity index (χ3n) is 2.84. The molecule has 0 aromatic heterocycles. The number of carbonyl (C=O) groups excluding carboxylic acids is 1. The molecule has 0 saturated heterocycles. The van der Waals surface area contributed by atoms with Crippen LogP contribution in [0.25, 0.3) is 0 Å². The minimum absolute atomic E-state index is 0.0718. The molecule has 1 aromatic rings. The largest absolute Gasteiger partial charge is 0.497 e. The molecule has 0 radical (unpaired) electrons. The fourth-order valence-corrected chi connectivity index (χ4v) is 1.37. The minimum atomic E-state index is -0.614. The van der Waals surface area contributed by atoms with Crippen LogP contribution in [0, 0.1) is 5.41 Å². The lowest BCUT2D eigenvalue weighted by Gasteiger charge is -2.23. The maximum absolute atomic E-state index is 11.9. The van der Waals surface area contributed by atoms with Gasteiger partial charge in [0.05, 0.1) is 7.11 Å². The zero-order valence-electron chi connectivity index (χ0n) is 11.3. The van der Waals surface area contributed by atoms with Gasteiger partial charge in [0.15, 0.2) is 0 Å². The van der Waals surface area contributed by atoms with E-state index in [1.165, 1.54) is 0 Å². The van der Waals surface area contributed by atoms with Crippen LogP contribution in [-0.2, 0) is 0 Å². The van der Waals surface area contributed by atoms with Crippen molar-refractivity contribution in [1.82, 2.24) is 5.32 Å². The molecule has 0 fully saturated rings. The van der Waals surface area contributed by atoms with E-state index in [0.29, 0.717) is 11.3 Å². The van der Waals surface area contributed by atoms with Crippen LogP contribution in [0.2, 0.25) is 0 Å². The number of ether oxygens (including phenoxy) is 1. The maximum atomic E-state index is 11.9. The van der Waals surface area contributed by atoms with Crippen molar-refractivity contribution in [3.8, 4) is 5.75 Å². The predicted molar refractivity (Wildman–Crippen MR) is 72.5 cm³/mol. The molecule has 1 amide bonds. The molecular formula is C13H19N3O3. The summed E-state index contributed by atoms with van der Waals surface area (Å²) in [6.07, 6.45) is 0. The molecule has 0 aliphatic heterocycles. The van der Waals surface area contributed by atoms with Crippen LogP contribution in [0.4, 0.5) is 0 Å². The lowest BCUT2D eigenvalue weighted by molar-refractivity contribution is 0.0944. The summed E-state index contributed by atoms with van der Waals surface area (Å²) in [7, 11) is 1.56. The number of hydrogen-bond donors (Lipinski definition) is 3. The number of nitrogens with two attached hydrogens (primary N) is 1. The Hall–Kier alpha value is -2.24. The second kappa shape index (κ2) is 6.08. The standard InChI is InChI=1S/C13H19N3O3/c1-13(2,12(14)16-18)8-15-11(17)9-4-6-10(19-3)7-5-9/h4-7,18H,8H2,1-3H3,(H2,14,16)(H,15,17). The number of amides is 1. The summed E-state index contributed by atoms with van der Waals surface area (Å²) in [5, 5.41) is 14.3. The topological polar surface area (TPSA) is 96.9 Å². The van der Waals surface area contributed by atoms with Gasteiger partial charge in [-0.1, -0.05) is 19.0 Å². The highest BCUT2D eigenvalue weighted by molar-refractivity contribution is 5.95. The number of rotatable bonds is 5. The highest BCUT2D eigenvalue weighted by atomic mass is 16.5. The van der Waals surface area contributed by atoms with E-state index in [1.54, 1.807) is 45.2 Å².